The third-order valence-electron chi connectivity index (χ3n) is 2.91. The van der Waals surface area contributed by atoms with Gasteiger partial charge in [0.1, 0.15) is 5.52 Å². The van der Waals surface area contributed by atoms with Crippen LogP contribution in [0.4, 0.5) is 0 Å². The number of rotatable bonds is 5. The second-order valence-corrected chi connectivity index (χ2v) is 5.76. The Morgan fingerprint density at radius 2 is 1.61 bits per heavy atom. The molecular formula is C13H24NO3S5Si. The van der Waals surface area contributed by atoms with Crippen LogP contribution in [0.5, 0.6) is 17.2 Å². The van der Waals surface area contributed by atoms with E-state index in [1.54, 1.807) is 32.7 Å². The van der Waals surface area contributed by atoms with Gasteiger partial charge in [-0.15, -0.1) is 11.3 Å². The predicted molar refractivity (Wildman–Crippen MR) is 120 cm³/mol. The number of methoxy groups -OCH3 is 3. The lowest BCUT2D eigenvalue weighted by molar-refractivity contribution is 0.327. The van der Waals surface area contributed by atoms with E-state index in [9.17, 15) is 0 Å². The summed E-state index contributed by atoms with van der Waals surface area (Å²) >= 11 is 1.63. The molecule has 4 nitrogen and oxygen atoms in total. The molecule has 0 N–H and O–H groups in total. The van der Waals surface area contributed by atoms with E-state index >= 15 is 0 Å². The molecule has 0 saturated heterocycles. The van der Waals surface area contributed by atoms with E-state index in [0.29, 0.717) is 17.2 Å². The minimum Gasteiger partial charge on any atom is -0.493 e. The van der Waals surface area contributed by atoms with Gasteiger partial charge < -0.3 is 14.2 Å². The molecule has 0 aliphatic heterocycles. The van der Waals surface area contributed by atoms with Crippen LogP contribution in [0.3, 0.4) is 0 Å². The van der Waals surface area contributed by atoms with E-state index in [2.05, 4.69) is 22.2 Å². The highest BCUT2D eigenvalue weighted by molar-refractivity contribution is 7.59. The van der Waals surface area contributed by atoms with Crippen molar-refractivity contribution in [2.24, 2.45) is 0 Å². The Balaban J connectivity index is -0.000001000. The summed E-state index contributed by atoms with van der Waals surface area (Å²) in [6.45, 7) is 2.11. The van der Waals surface area contributed by atoms with Crippen LogP contribution in [-0.4, -0.2) is 36.6 Å². The Morgan fingerprint density at radius 1 is 1.04 bits per heavy atom. The second kappa shape index (κ2) is 12.5. The van der Waals surface area contributed by atoms with Gasteiger partial charge in [0.15, 0.2) is 11.5 Å². The molecule has 0 bridgehead atoms. The molecule has 133 valence electrons. The van der Waals surface area contributed by atoms with E-state index in [1.165, 1.54) is 0 Å². The molecule has 1 unspecified atom stereocenters. The topological polar surface area (TPSA) is 40.6 Å². The number of aromatic nitrogens is 1. The van der Waals surface area contributed by atoms with Crippen LogP contribution < -0.4 is 14.2 Å². The highest BCUT2D eigenvalue weighted by atomic mass is 32.1. The molecule has 3 radical (unpaired) electrons. The molecule has 1 atom stereocenters. The average Bonchev–Trinajstić information content (AvgIpc) is 2.87. The van der Waals surface area contributed by atoms with Crippen molar-refractivity contribution in [2.75, 3.05) is 21.3 Å². The predicted octanol–water partition coefficient (Wildman–Crippen LogP) is 3.39. The maximum absolute atomic E-state index is 5.44. The van der Waals surface area contributed by atoms with Gasteiger partial charge in [-0.1, -0.05) is 13.3 Å². The van der Waals surface area contributed by atoms with Gasteiger partial charge in [-0.2, -0.15) is 54.0 Å². The maximum Gasteiger partial charge on any atom is 0.205 e. The standard InChI is InChI=1S/C13H16NO3SSi.4H2S/c1-5-9(19)13-14-10-8(18-13)6-7(15-2)11(16-3)12(10)17-4;;;;/h6,9H,5H2,1-4H3;4*1H2. The van der Waals surface area contributed by atoms with Gasteiger partial charge in [-0.3, -0.25) is 0 Å². The zero-order valence-electron chi connectivity index (χ0n) is 13.4. The fourth-order valence-corrected chi connectivity index (χ4v) is 3.19. The lowest BCUT2D eigenvalue weighted by Gasteiger charge is -2.11. The number of nitrogens with zero attached hydrogens (tertiary/aromatic N) is 1. The summed E-state index contributed by atoms with van der Waals surface area (Å²) in [5, 5.41) is 1.03. The van der Waals surface area contributed by atoms with Crippen LogP contribution in [-0.2, 0) is 0 Å². The van der Waals surface area contributed by atoms with Crippen LogP contribution in [0.2, 0.25) is 0 Å². The van der Waals surface area contributed by atoms with Crippen LogP contribution in [0.25, 0.3) is 10.2 Å². The number of hydrogen-bond donors (Lipinski definition) is 0. The molecule has 0 fully saturated rings. The third kappa shape index (κ3) is 5.57. The Morgan fingerprint density at radius 3 is 2.04 bits per heavy atom. The number of ether oxygens (including phenoxy) is 3. The fourth-order valence-electron chi connectivity index (χ4n) is 1.87. The molecule has 2 rings (SSSR count). The number of benzene rings is 1. The summed E-state index contributed by atoms with van der Waals surface area (Å²) in [6.07, 6.45) is 0.979. The minimum atomic E-state index is 0. The first kappa shape index (κ1) is 28.0. The molecule has 10 heteroatoms. The molecule has 0 aliphatic rings. The number of fused-ring (bicyclic) bond motifs is 1. The van der Waals surface area contributed by atoms with Crippen molar-refractivity contribution in [3.63, 3.8) is 0 Å². The largest absolute Gasteiger partial charge is 0.493 e. The molecular weight excluding hydrogens is 407 g/mol. The molecule has 0 spiro atoms. The van der Waals surface area contributed by atoms with Crippen molar-refractivity contribution in [3.8, 4) is 17.2 Å². The van der Waals surface area contributed by atoms with Gasteiger partial charge in [-0.05, 0) is 5.54 Å². The van der Waals surface area contributed by atoms with Crippen molar-refractivity contribution < 1.29 is 14.2 Å². The lowest BCUT2D eigenvalue weighted by Crippen LogP contribution is -1.96. The van der Waals surface area contributed by atoms with Gasteiger partial charge in [0, 0.05) is 16.3 Å². The summed E-state index contributed by atoms with van der Waals surface area (Å²) in [6, 6.07) is 1.94. The van der Waals surface area contributed by atoms with Gasteiger partial charge in [0.2, 0.25) is 5.75 Å². The summed E-state index contributed by atoms with van der Waals surface area (Å²) in [7, 11) is 8.50. The maximum atomic E-state index is 5.44. The minimum absolute atomic E-state index is 0. The fraction of sp³-hybridized carbons (Fsp3) is 0.462. The van der Waals surface area contributed by atoms with Crippen molar-refractivity contribution in [2.45, 2.75) is 18.9 Å². The molecule has 1 heterocycles. The van der Waals surface area contributed by atoms with Crippen molar-refractivity contribution in [1.82, 2.24) is 4.98 Å². The summed E-state index contributed by atoms with van der Waals surface area (Å²) in [4.78, 5) is 4.65. The summed E-state index contributed by atoms with van der Waals surface area (Å²) in [5.74, 6) is 1.86. The van der Waals surface area contributed by atoms with E-state index in [-0.39, 0.29) is 59.5 Å². The third-order valence-corrected chi connectivity index (χ3v) is 4.92. The van der Waals surface area contributed by atoms with E-state index < -0.39 is 0 Å². The average molecular weight is 431 g/mol. The summed E-state index contributed by atoms with van der Waals surface area (Å²) < 4.78 is 17.2. The number of thiazole rings is 1. The lowest BCUT2D eigenvalue weighted by atomic mass is 10.2. The van der Waals surface area contributed by atoms with Gasteiger partial charge in [0.25, 0.3) is 0 Å². The molecule has 0 aliphatic carbocycles. The van der Waals surface area contributed by atoms with Crippen molar-refractivity contribution in [3.05, 3.63) is 11.1 Å². The Hall–Kier alpha value is 0.127. The van der Waals surface area contributed by atoms with Crippen LogP contribution in [0.1, 0.15) is 23.9 Å². The highest BCUT2D eigenvalue weighted by Gasteiger charge is 2.20. The molecule has 1 aromatic carbocycles. The van der Waals surface area contributed by atoms with E-state index in [1.807, 2.05) is 6.07 Å². The number of hydrogen-bond acceptors (Lipinski definition) is 5. The van der Waals surface area contributed by atoms with Crippen molar-refractivity contribution >= 4 is 85.8 Å². The quantitative estimate of drug-likeness (QED) is 0.682. The molecule has 23 heavy (non-hydrogen) atoms. The van der Waals surface area contributed by atoms with E-state index in [0.717, 1.165) is 21.6 Å². The molecule has 2 aromatic rings. The van der Waals surface area contributed by atoms with Crippen LogP contribution in [0, 0.1) is 0 Å². The zero-order valence-corrected chi connectivity index (χ0v) is 19.3. The van der Waals surface area contributed by atoms with Gasteiger partial charge >= 0.3 is 0 Å². The smallest absolute Gasteiger partial charge is 0.205 e. The first-order valence-electron chi connectivity index (χ1n) is 5.96. The molecule has 1 aromatic heterocycles. The second-order valence-electron chi connectivity index (χ2n) is 4.01. The van der Waals surface area contributed by atoms with Crippen LogP contribution in [0.15, 0.2) is 6.07 Å². The van der Waals surface area contributed by atoms with Crippen LogP contribution >= 0.6 is 65.3 Å². The normalized spacial score (nSPS) is 10.3. The Bertz CT molecular complexity index is 596. The molecule has 0 saturated carbocycles. The Labute approximate surface area is 172 Å². The summed E-state index contributed by atoms with van der Waals surface area (Å²) in [5.41, 5.74) is 1.07. The zero-order chi connectivity index (χ0) is 14.0. The first-order valence-corrected chi connectivity index (χ1v) is 7.36. The SMILES string of the molecule is CCC([Si])c1nc2c(OC)c(OC)c(OC)cc2s1.S.S.S.S. The first-order chi connectivity index (χ1) is 9.15. The molecule has 0 amide bonds. The van der Waals surface area contributed by atoms with E-state index in [4.69, 9.17) is 14.2 Å². The van der Waals surface area contributed by atoms with Gasteiger partial charge in [0.05, 0.1) is 31.0 Å². The van der Waals surface area contributed by atoms with Gasteiger partial charge in [-0.25, -0.2) is 4.98 Å². The highest BCUT2D eigenvalue weighted by Crippen LogP contribution is 2.45. The Kier molecular flexibility index (Phi) is 15.2. The monoisotopic (exact) mass is 430 g/mol. The van der Waals surface area contributed by atoms with Crippen molar-refractivity contribution in [1.29, 1.82) is 0 Å².